The molecule has 0 aliphatic heterocycles. The van der Waals surface area contributed by atoms with Gasteiger partial charge in [0.1, 0.15) is 0 Å². The van der Waals surface area contributed by atoms with Gasteiger partial charge in [0.15, 0.2) is 0 Å². The SMILES string of the molecule is CCC(C)C(=O)NC1(CN)CC1. The lowest BCUT2D eigenvalue weighted by Gasteiger charge is -2.17. The summed E-state index contributed by atoms with van der Waals surface area (Å²) in [5.74, 6) is 0.273. The number of rotatable bonds is 4. The Bertz CT molecular complexity index is 175. The summed E-state index contributed by atoms with van der Waals surface area (Å²) in [5, 5.41) is 3.00. The lowest BCUT2D eigenvalue weighted by Crippen LogP contribution is -2.44. The van der Waals surface area contributed by atoms with Crippen LogP contribution in [0.15, 0.2) is 0 Å². The standard InChI is InChI=1S/C9H18N2O/c1-3-7(2)8(12)11-9(6-10)4-5-9/h7H,3-6,10H2,1-2H3,(H,11,12). The van der Waals surface area contributed by atoms with Gasteiger partial charge in [-0.3, -0.25) is 4.79 Å². The number of amides is 1. The molecule has 0 saturated heterocycles. The molecule has 3 heteroatoms. The van der Waals surface area contributed by atoms with E-state index in [4.69, 9.17) is 5.73 Å². The lowest BCUT2D eigenvalue weighted by molar-refractivity contribution is -0.125. The van der Waals surface area contributed by atoms with Crippen LogP contribution >= 0.6 is 0 Å². The molecular weight excluding hydrogens is 152 g/mol. The van der Waals surface area contributed by atoms with Crippen molar-refractivity contribution in [2.45, 2.75) is 38.6 Å². The zero-order valence-electron chi connectivity index (χ0n) is 7.89. The van der Waals surface area contributed by atoms with Crippen molar-refractivity contribution in [3.05, 3.63) is 0 Å². The second-order valence-corrected chi connectivity index (χ2v) is 3.78. The molecule has 1 unspecified atom stereocenters. The van der Waals surface area contributed by atoms with Gasteiger partial charge < -0.3 is 11.1 Å². The van der Waals surface area contributed by atoms with Crippen molar-refractivity contribution in [2.24, 2.45) is 11.7 Å². The number of hydrogen-bond donors (Lipinski definition) is 2. The Morgan fingerprint density at radius 1 is 1.67 bits per heavy atom. The second kappa shape index (κ2) is 3.44. The van der Waals surface area contributed by atoms with E-state index in [-0.39, 0.29) is 17.4 Å². The molecule has 0 aromatic rings. The number of hydrogen-bond acceptors (Lipinski definition) is 2. The molecule has 1 fully saturated rings. The van der Waals surface area contributed by atoms with Gasteiger partial charge in [-0.25, -0.2) is 0 Å². The third kappa shape index (κ3) is 1.97. The van der Waals surface area contributed by atoms with E-state index in [1.54, 1.807) is 0 Å². The molecule has 3 nitrogen and oxygen atoms in total. The topological polar surface area (TPSA) is 55.1 Å². The highest BCUT2D eigenvalue weighted by Gasteiger charge is 2.42. The van der Waals surface area contributed by atoms with Crippen molar-refractivity contribution in [3.8, 4) is 0 Å². The van der Waals surface area contributed by atoms with Crippen molar-refractivity contribution < 1.29 is 4.79 Å². The van der Waals surface area contributed by atoms with Gasteiger partial charge in [-0.05, 0) is 19.3 Å². The van der Waals surface area contributed by atoms with Gasteiger partial charge in [0.2, 0.25) is 5.91 Å². The quantitative estimate of drug-likeness (QED) is 0.650. The monoisotopic (exact) mass is 170 g/mol. The number of nitrogens with one attached hydrogen (secondary N) is 1. The Balaban J connectivity index is 2.36. The van der Waals surface area contributed by atoms with Gasteiger partial charge in [0.25, 0.3) is 0 Å². The molecule has 0 radical (unpaired) electrons. The van der Waals surface area contributed by atoms with Crippen LogP contribution in [0, 0.1) is 5.92 Å². The average molecular weight is 170 g/mol. The molecule has 1 aliphatic rings. The lowest BCUT2D eigenvalue weighted by atomic mass is 10.1. The predicted octanol–water partition coefficient (Wildman–Crippen LogP) is 0.640. The summed E-state index contributed by atoms with van der Waals surface area (Å²) in [7, 11) is 0. The molecule has 0 bridgehead atoms. The molecule has 1 amide bonds. The minimum Gasteiger partial charge on any atom is -0.349 e. The second-order valence-electron chi connectivity index (χ2n) is 3.78. The molecule has 1 rings (SSSR count). The molecule has 0 heterocycles. The maximum atomic E-state index is 11.4. The Kier molecular flexibility index (Phi) is 2.73. The highest BCUT2D eigenvalue weighted by atomic mass is 16.2. The molecule has 1 saturated carbocycles. The van der Waals surface area contributed by atoms with Crippen LogP contribution in [0.2, 0.25) is 0 Å². The summed E-state index contributed by atoms with van der Waals surface area (Å²) in [5.41, 5.74) is 5.52. The average Bonchev–Trinajstić information content (AvgIpc) is 2.84. The molecule has 3 N–H and O–H groups in total. The first-order valence-corrected chi connectivity index (χ1v) is 4.65. The van der Waals surface area contributed by atoms with E-state index in [2.05, 4.69) is 5.32 Å². The summed E-state index contributed by atoms with van der Waals surface area (Å²) in [6.07, 6.45) is 2.99. The number of carbonyl (C=O) groups excluding carboxylic acids is 1. The van der Waals surface area contributed by atoms with Crippen molar-refractivity contribution in [2.75, 3.05) is 6.54 Å². The molecule has 70 valence electrons. The summed E-state index contributed by atoms with van der Waals surface area (Å²) >= 11 is 0. The van der Waals surface area contributed by atoms with E-state index in [0.717, 1.165) is 19.3 Å². The Morgan fingerprint density at radius 3 is 2.58 bits per heavy atom. The van der Waals surface area contributed by atoms with Crippen molar-refractivity contribution in [1.29, 1.82) is 0 Å². The van der Waals surface area contributed by atoms with E-state index < -0.39 is 0 Å². The van der Waals surface area contributed by atoms with Crippen LogP contribution in [0.5, 0.6) is 0 Å². The van der Waals surface area contributed by atoms with Gasteiger partial charge >= 0.3 is 0 Å². The largest absolute Gasteiger partial charge is 0.349 e. The van der Waals surface area contributed by atoms with Crippen LogP contribution < -0.4 is 11.1 Å². The fraction of sp³-hybridized carbons (Fsp3) is 0.889. The zero-order valence-corrected chi connectivity index (χ0v) is 7.89. The van der Waals surface area contributed by atoms with Gasteiger partial charge in [-0.15, -0.1) is 0 Å². The van der Waals surface area contributed by atoms with E-state index in [1.165, 1.54) is 0 Å². The smallest absolute Gasteiger partial charge is 0.223 e. The fourth-order valence-electron chi connectivity index (χ4n) is 1.10. The summed E-state index contributed by atoms with van der Waals surface area (Å²) in [4.78, 5) is 11.4. The first-order valence-electron chi connectivity index (χ1n) is 4.65. The van der Waals surface area contributed by atoms with Crippen LogP contribution in [0.25, 0.3) is 0 Å². The van der Waals surface area contributed by atoms with Crippen molar-refractivity contribution in [3.63, 3.8) is 0 Å². The maximum absolute atomic E-state index is 11.4. The first kappa shape index (κ1) is 9.52. The molecule has 1 atom stereocenters. The van der Waals surface area contributed by atoms with Crippen molar-refractivity contribution in [1.82, 2.24) is 5.32 Å². The van der Waals surface area contributed by atoms with E-state index in [1.807, 2.05) is 13.8 Å². The molecule has 12 heavy (non-hydrogen) atoms. The van der Waals surface area contributed by atoms with Gasteiger partial charge in [-0.2, -0.15) is 0 Å². The molecule has 0 spiro atoms. The molecular formula is C9H18N2O. The Hall–Kier alpha value is -0.570. The van der Waals surface area contributed by atoms with E-state index in [9.17, 15) is 4.79 Å². The third-order valence-electron chi connectivity index (χ3n) is 2.69. The van der Waals surface area contributed by atoms with Gasteiger partial charge in [-0.1, -0.05) is 13.8 Å². The van der Waals surface area contributed by atoms with Crippen molar-refractivity contribution >= 4 is 5.91 Å². The Morgan fingerprint density at radius 2 is 2.25 bits per heavy atom. The molecule has 0 aromatic carbocycles. The highest BCUT2D eigenvalue weighted by molar-refractivity contribution is 5.79. The summed E-state index contributed by atoms with van der Waals surface area (Å²) in [6, 6.07) is 0. The first-order chi connectivity index (χ1) is 5.63. The van der Waals surface area contributed by atoms with E-state index in [0.29, 0.717) is 6.54 Å². The van der Waals surface area contributed by atoms with Crippen LogP contribution in [-0.2, 0) is 4.79 Å². The third-order valence-corrected chi connectivity index (χ3v) is 2.69. The van der Waals surface area contributed by atoms with Crippen LogP contribution in [0.3, 0.4) is 0 Å². The summed E-state index contributed by atoms with van der Waals surface area (Å²) < 4.78 is 0. The number of nitrogens with two attached hydrogens (primary N) is 1. The number of carbonyl (C=O) groups is 1. The van der Waals surface area contributed by atoms with E-state index >= 15 is 0 Å². The highest BCUT2D eigenvalue weighted by Crippen LogP contribution is 2.34. The fourth-order valence-corrected chi connectivity index (χ4v) is 1.10. The Labute approximate surface area is 73.7 Å². The van der Waals surface area contributed by atoms with Crippen LogP contribution in [0.4, 0.5) is 0 Å². The summed E-state index contributed by atoms with van der Waals surface area (Å²) in [6.45, 7) is 4.55. The van der Waals surface area contributed by atoms with Gasteiger partial charge in [0.05, 0.1) is 5.54 Å². The normalized spacial score (nSPS) is 21.6. The minimum absolute atomic E-state index is 0.0273. The molecule has 0 aromatic heterocycles. The minimum atomic E-state index is -0.0273. The van der Waals surface area contributed by atoms with Crippen LogP contribution in [0.1, 0.15) is 33.1 Å². The zero-order chi connectivity index (χ0) is 9.19. The molecule has 1 aliphatic carbocycles. The predicted molar refractivity (Wildman–Crippen MR) is 48.6 cm³/mol. The van der Waals surface area contributed by atoms with Crippen LogP contribution in [-0.4, -0.2) is 18.0 Å². The maximum Gasteiger partial charge on any atom is 0.223 e. The van der Waals surface area contributed by atoms with Gasteiger partial charge in [0, 0.05) is 12.5 Å².